The molecule has 0 saturated heterocycles. The first kappa shape index (κ1) is 11.8. The van der Waals surface area contributed by atoms with E-state index in [1.54, 1.807) is 0 Å². The number of nitrogens with zero attached hydrogens (tertiary/aromatic N) is 1. The van der Waals surface area contributed by atoms with E-state index < -0.39 is 5.97 Å². The predicted molar refractivity (Wildman–Crippen MR) is 56.3 cm³/mol. The van der Waals surface area contributed by atoms with E-state index in [0.717, 1.165) is 25.1 Å². The molecule has 0 fully saturated rings. The Morgan fingerprint density at radius 2 is 2.33 bits per heavy atom. The second-order valence-corrected chi connectivity index (χ2v) is 3.88. The molecular formula is C11H19N2O2+. The van der Waals surface area contributed by atoms with Crippen molar-refractivity contribution < 1.29 is 14.5 Å². The van der Waals surface area contributed by atoms with E-state index in [1.807, 2.05) is 30.9 Å². The first-order chi connectivity index (χ1) is 7.15. The van der Waals surface area contributed by atoms with Gasteiger partial charge in [0, 0.05) is 6.42 Å². The van der Waals surface area contributed by atoms with Crippen molar-refractivity contribution in [3.63, 3.8) is 0 Å². The Labute approximate surface area is 89.9 Å². The third kappa shape index (κ3) is 3.38. The summed E-state index contributed by atoms with van der Waals surface area (Å²) in [6.07, 6.45) is 6.99. The minimum Gasteiger partial charge on any atom is -0.481 e. The van der Waals surface area contributed by atoms with Gasteiger partial charge in [0.15, 0.2) is 0 Å². The number of aromatic nitrogens is 2. The number of aryl methyl sites for hydroxylation is 2. The number of H-pyrrole nitrogens is 1. The first-order valence-electron chi connectivity index (χ1n) is 5.39. The van der Waals surface area contributed by atoms with Crippen molar-refractivity contribution in [1.29, 1.82) is 0 Å². The summed E-state index contributed by atoms with van der Waals surface area (Å²) in [5.41, 5.74) is 0. The lowest BCUT2D eigenvalue weighted by atomic mass is 9.98. The largest absolute Gasteiger partial charge is 0.481 e. The van der Waals surface area contributed by atoms with Crippen LogP contribution in [0.3, 0.4) is 0 Å². The molecule has 0 spiro atoms. The van der Waals surface area contributed by atoms with Gasteiger partial charge in [0.05, 0.1) is 13.0 Å². The number of nitrogens with one attached hydrogen (secondary N) is 1. The van der Waals surface area contributed by atoms with Crippen molar-refractivity contribution in [2.45, 2.75) is 32.6 Å². The fraction of sp³-hybridized carbons (Fsp3) is 0.636. The second-order valence-electron chi connectivity index (χ2n) is 3.88. The van der Waals surface area contributed by atoms with Gasteiger partial charge in [-0.15, -0.1) is 0 Å². The molecule has 1 heterocycles. The Hall–Kier alpha value is -1.32. The van der Waals surface area contributed by atoms with Gasteiger partial charge >= 0.3 is 5.97 Å². The van der Waals surface area contributed by atoms with Crippen LogP contribution in [0.15, 0.2) is 12.4 Å². The van der Waals surface area contributed by atoms with Crippen LogP contribution in [-0.2, 0) is 18.3 Å². The van der Waals surface area contributed by atoms with Crippen molar-refractivity contribution >= 4 is 5.97 Å². The molecule has 1 aromatic rings. The maximum atomic E-state index is 10.9. The molecule has 1 rings (SSSR count). The Balaban J connectivity index is 2.47. The molecule has 1 aromatic heterocycles. The summed E-state index contributed by atoms with van der Waals surface area (Å²) in [4.78, 5) is 14.0. The minimum atomic E-state index is -0.675. The smallest absolute Gasteiger partial charge is 0.306 e. The predicted octanol–water partition coefficient (Wildman–Crippen LogP) is 1.27. The van der Waals surface area contributed by atoms with Crippen LogP contribution in [0.1, 0.15) is 32.0 Å². The molecule has 0 radical (unpaired) electrons. The normalized spacial score (nSPS) is 12.7. The van der Waals surface area contributed by atoms with E-state index >= 15 is 0 Å². The summed E-state index contributed by atoms with van der Waals surface area (Å²) >= 11 is 0. The summed E-state index contributed by atoms with van der Waals surface area (Å²) in [5, 5.41) is 8.99. The molecule has 0 aliphatic carbocycles. The Bertz CT molecular complexity index is 320. The van der Waals surface area contributed by atoms with E-state index in [2.05, 4.69) is 4.98 Å². The average Bonchev–Trinajstić information content (AvgIpc) is 2.58. The van der Waals surface area contributed by atoms with Crippen molar-refractivity contribution in [1.82, 2.24) is 4.98 Å². The molecule has 0 bridgehead atoms. The lowest BCUT2D eigenvalue weighted by Gasteiger charge is -2.08. The van der Waals surface area contributed by atoms with E-state index in [0.29, 0.717) is 6.42 Å². The van der Waals surface area contributed by atoms with Crippen LogP contribution in [0.5, 0.6) is 0 Å². The highest BCUT2D eigenvalue weighted by atomic mass is 16.4. The number of carboxylic acid groups (broad SMARTS) is 1. The van der Waals surface area contributed by atoms with Crippen molar-refractivity contribution in [2.75, 3.05) is 0 Å². The van der Waals surface area contributed by atoms with Gasteiger partial charge < -0.3 is 5.11 Å². The van der Waals surface area contributed by atoms with Crippen LogP contribution in [0.25, 0.3) is 0 Å². The molecular weight excluding hydrogens is 192 g/mol. The third-order valence-electron chi connectivity index (χ3n) is 2.69. The van der Waals surface area contributed by atoms with Gasteiger partial charge in [0.1, 0.15) is 12.4 Å². The maximum Gasteiger partial charge on any atom is 0.306 e. The molecule has 84 valence electrons. The Morgan fingerprint density at radius 3 is 2.80 bits per heavy atom. The van der Waals surface area contributed by atoms with Gasteiger partial charge in [-0.25, -0.2) is 9.55 Å². The monoisotopic (exact) mass is 211 g/mol. The number of aliphatic carboxylic acids is 1. The van der Waals surface area contributed by atoms with Crippen LogP contribution in [-0.4, -0.2) is 16.1 Å². The fourth-order valence-corrected chi connectivity index (χ4v) is 1.74. The van der Waals surface area contributed by atoms with Crippen LogP contribution in [0.2, 0.25) is 0 Å². The van der Waals surface area contributed by atoms with Gasteiger partial charge in [-0.05, 0) is 12.8 Å². The van der Waals surface area contributed by atoms with E-state index in [-0.39, 0.29) is 5.92 Å². The van der Waals surface area contributed by atoms with E-state index in [1.165, 1.54) is 0 Å². The zero-order valence-corrected chi connectivity index (χ0v) is 9.36. The Kier molecular flexibility index (Phi) is 4.34. The number of imidazole rings is 1. The number of aromatic amines is 1. The average molecular weight is 211 g/mol. The summed E-state index contributed by atoms with van der Waals surface area (Å²) in [7, 11) is 1.96. The highest BCUT2D eigenvalue weighted by Crippen LogP contribution is 2.13. The molecule has 0 aliphatic rings. The van der Waals surface area contributed by atoms with Crippen molar-refractivity contribution in [2.24, 2.45) is 13.0 Å². The van der Waals surface area contributed by atoms with E-state index in [4.69, 9.17) is 5.11 Å². The molecule has 15 heavy (non-hydrogen) atoms. The number of rotatable bonds is 6. The lowest BCUT2D eigenvalue weighted by molar-refractivity contribution is -0.677. The standard InChI is InChI=1S/C11H18N2O2/c1-3-4-9(11(14)15)5-6-10-12-7-8-13(10)2/h7-9H,3-6H2,1-2H3,(H,14,15)/p+1. The summed E-state index contributed by atoms with van der Waals surface area (Å²) in [6.45, 7) is 2.02. The SMILES string of the molecule is CCCC(CCc1[nH]cc[n+]1C)C(=O)O. The molecule has 1 atom stereocenters. The first-order valence-corrected chi connectivity index (χ1v) is 5.39. The van der Waals surface area contributed by atoms with Crippen LogP contribution >= 0.6 is 0 Å². The molecule has 2 N–H and O–H groups in total. The highest BCUT2D eigenvalue weighted by Gasteiger charge is 2.18. The minimum absolute atomic E-state index is 0.210. The number of hydrogen-bond acceptors (Lipinski definition) is 1. The maximum absolute atomic E-state index is 10.9. The second kappa shape index (κ2) is 5.53. The van der Waals surface area contributed by atoms with Crippen molar-refractivity contribution in [3.05, 3.63) is 18.2 Å². The molecule has 0 aliphatic heterocycles. The van der Waals surface area contributed by atoms with Gasteiger partial charge in [-0.2, -0.15) is 0 Å². The summed E-state index contributed by atoms with van der Waals surface area (Å²) in [6, 6.07) is 0. The summed E-state index contributed by atoms with van der Waals surface area (Å²) < 4.78 is 1.99. The molecule has 4 nitrogen and oxygen atoms in total. The quantitative estimate of drug-likeness (QED) is 0.696. The van der Waals surface area contributed by atoms with Gasteiger partial charge in [-0.3, -0.25) is 4.79 Å². The van der Waals surface area contributed by atoms with Crippen molar-refractivity contribution in [3.8, 4) is 0 Å². The van der Waals surface area contributed by atoms with Crippen LogP contribution < -0.4 is 4.57 Å². The molecule has 0 saturated carbocycles. The van der Waals surface area contributed by atoms with Gasteiger partial charge in [0.2, 0.25) is 0 Å². The molecule has 0 amide bonds. The zero-order chi connectivity index (χ0) is 11.3. The lowest BCUT2D eigenvalue weighted by Crippen LogP contribution is -2.31. The number of carbonyl (C=O) groups is 1. The molecule has 4 heteroatoms. The van der Waals surface area contributed by atoms with Crippen LogP contribution in [0.4, 0.5) is 0 Å². The zero-order valence-electron chi connectivity index (χ0n) is 9.36. The molecule has 1 unspecified atom stereocenters. The highest BCUT2D eigenvalue weighted by molar-refractivity contribution is 5.69. The number of carboxylic acids is 1. The van der Waals surface area contributed by atoms with Crippen LogP contribution in [0, 0.1) is 5.92 Å². The Morgan fingerprint density at radius 1 is 1.60 bits per heavy atom. The summed E-state index contributed by atoms with van der Waals surface area (Å²) in [5.74, 6) is 0.196. The number of hydrogen-bond donors (Lipinski definition) is 2. The van der Waals surface area contributed by atoms with E-state index in [9.17, 15) is 4.79 Å². The fourth-order valence-electron chi connectivity index (χ4n) is 1.74. The third-order valence-corrected chi connectivity index (χ3v) is 2.69. The van der Waals surface area contributed by atoms with Gasteiger partial charge in [-0.1, -0.05) is 13.3 Å². The molecule has 0 aromatic carbocycles. The van der Waals surface area contributed by atoms with Gasteiger partial charge in [0.25, 0.3) is 5.82 Å². The topological polar surface area (TPSA) is 57.0 Å².